The predicted octanol–water partition coefficient (Wildman–Crippen LogP) is -2.95. The highest BCUT2D eigenvalue weighted by molar-refractivity contribution is 5.97. The number of carboxylic acid groups (broad SMARTS) is 2. The van der Waals surface area contributed by atoms with Crippen molar-refractivity contribution >= 4 is 53.3 Å². The fraction of sp³-hybridized carbons (Fsp3) is 0.719. The summed E-state index contributed by atoms with van der Waals surface area (Å²) in [4.78, 5) is 113. The molecule has 52 heavy (non-hydrogen) atoms. The minimum atomic E-state index is -1.50. The maximum absolute atomic E-state index is 13.7. The Morgan fingerprint density at radius 2 is 1.02 bits per heavy atom. The molecule has 0 rings (SSSR count). The first-order valence-electron chi connectivity index (χ1n) is 17.3. The lowest BCUT2D eigenvalue weighted by Gasteiger charge is -2.29. The maximum atomic E-state index is 13.7. The Hall–Kier alpha value is -4.85. The number of aliphatic carboxylic acids is 2. The maximum Gasteiger partial charge on any atom is 0.326 e. The van der Waals surface area contributed by atoms with Gasteiger partial charge in [-0.25, -0.2) is 4.79 Å². The summed E-state index contributed by atoms with van der Waals surface area (Å²) in [7, 11) is 0. The highest BCUT2D eigenvalue weighted by atomic mass is 16.4. The summed E-state index contributed by atoms with van der Waals surface area (Å²) < 4.78 is 0. The predicted molar refractivity (Wildman–Crippen MR) is 186 cm³/mol. The second kappa shape index (κ2) is 24.4. The molecule has 0 aromatic heterocycles. The molecular formula is C32H57N9O11. The van der Waals surface area contributed by atoms with Gasteiger partial charge in [-0.15, -0.1) is 0 Å². The Balaban J connectivity index is 6.38. The van der Waals surface area contributed by atoms with Gasteiger partial charge >= 0.3 is 11.9 Å². The van der Waals surface area contributed by atoms with Gasteiger partial charge in [-0.3, -0.25) is 38.4 Å². The van der Waals surface area contributed by atoms with Crippen LogP contribution in [0.3, 0.4) is 0 Å². The fourth-order valence-electron chi connectivity index (χ4n) is 4.87. The number of carboxylic acids is 2. The van der Waals surface area contributed by atoms with E-state index >= 15 is 0 Å². The number of nitrogens with two attached hydrogens (primary N) is 4. The van der Waals surface area contributed by atoms with Gasteiger partial charge in [-0.2, -0.15) is 0 Å². The average molecular weight is 744 g/mol. The second-order valence-electron chi connectivity index (χ2n) is 12.8. The molecule has 20 heteroatoms. The molecule has 296 valence electrons. The summed E-state index contributed by atoms with van der Waals surface area (Å²) in [5.74, 6) is -9.77. The van der Waals surface area contributed by atoms with Gasteiger partial charge in [0.1, 0.15) is 30.2 Å². The number of rotatable bonds is 27. The number of primary amides is 2. The second-order valence-corrected chi connectivity index (χ2v) is 12.8. The van der Waals surface area contributed by atoms with E-state index in [-0.39, 0.29) is 25.8 Å². The van der Waals surface area contributed by atoms with Crippen LogP contribution in [0.15, 0.2) is 0 Å². The third-order valence-corrected chi connectivity index (χ3v) is 8.50. The van der Waals surface area contributed by atoms with E-state index in [1.807, 2.05) is 0 Å². The molecule has 20 nitrogen and oxygen atoms in total. The molecule has 0 aromatic carbocycles. The standard InChI is InChI=1S/C32H57N9O11/c1-5-16(3)25(40-27(46)18(34)15-23(36)43)31(50)39-20(10-12-22(35)42)29(48)37-19(9-7-8-14-33)28(47)38-21(11-13-24(44)45)30(49)41-26(32(51)52)17(4)6-2/h16-21,25-26H,5-15,33-34H2,1-4H3,(H2,35,42)(H2,36,43)(H,37,48)(H,38,47)(H,39,50)(H,40,46)(H,41,49)(H,44,45)(H,51,52)/t16-,17-,18-,19-,20-,21-,25-,26-/m0/s1. The van der Waals surface area contributed by atoms with Gasteiger partial charge in [0.25, 0.3) is 0 Å². The summed E-state index contributed by atoms with van der Waals surface area (Å²) in [6, 6.07) is -8.28. The Labute approximate surface area is 302 Å². The minimum absolute atomic E-state index is 0.0214. The zero-order valence-corrected chi connectivity index (χ0v) is 30.3. The van der Waals surface area contributed by atoms with Crippen LogP contribution in [-0.4, -0.2) is 106 Å². The molecule has 0 fully saturated rings. The van der Waals surface area contributed by atoms with Crippen LogP contribution >= 0.6 is 0 Å². The Kier molecular flexibility index (Phi) is 22.1. The fourth-order valence-corrected chi connectivity index (χ4v) is 4.87. The molecule has 0 radical (unpaired) electrons. The molecule has 0 unspecified atom stereocenters. The van der Waals surface area contributed by atoms with Gasteiger partial charge in [-0.05, 0) is 50.5 Å². The first-order valence-corrected chi connectivity index (χ1v) is 17.3. The van der Waals surface area contributed by atoms with Crippen molar-refractivity contribution in [2.45, 2.75) is 128 Å². The number of amides is 7. The third-order valence-electron chi connectivity index (χ3n) is 8.50. The van der Waals surface area contributed by atoms with Crippen LogP contribution in [0.4, 0.5) is 0 Å². The number of carbonyl (C=O) groups is 9. The van der Waals surface area contributed by atoms with Crippen LogP contribution in [-0.2, 0) is 43.2 Å². The normalized spacial score (nSPS) is 15.6. The van der Waals surface area contributed by atoms with E-state index in [2.05, 4.69) is 26.6 Å². The van der Waals surface area contributed by atoms with E-state index in [4.69, 9.17) is 22.9 Å². The Bertz CT molecular complexity index is 1270. The van der Waals surface area contributed by atoms with Crippen molar-refractivity contribution in [3.05, 3.63) is 0 Å². The molecule has 0 aliphatic heterocycles. The topological polar surface area (TPSA) is 358 Å². The molecule has 15 N–H and O–H groups in total. The van der Waals surface area contributed by atoms with E-state index in [0.29, 0.717) is 25.7 Å². The highest BCUT2D eigenvalue weighted by Crippen LogP contribution is 2.12. The van der Waals surface area contributed by atoms with Crippen LogP contribution < -0.4 is 49.5 Å². The van der Waals surface area contributed by atoms with Crippen LogP contribution in [0.2, 0.25) is 0 Å². The molecule has 0 aliphatic rings. The van der Waals surface area contributed by atoms with Crippen molar-refractivity contribution in [3.63, 3.8) is 0 Å². The SMILES string of the molecule is CC[C@H](C)[C@H](NC(=O)[C@H](CCC(=O)O)NC(=O)[C@H](CCCCN)NC(=O)[C@H](CCC(N)=O)NC(=O)[C@@H](NC(=O)[C@@H](N)CC(N)=O)[C@@H](C)CC)C(=O)O. The zero-order valence-electron chi connectivity index (χ0n) is 30.3. The smallest absolute Gasteiger partial charge is 0.326 e. The Morgan fingerprint density at radius 3 is 1.46 bits per heavy atom. The monoisotopic (exact) mass is 743 g/mol. The van der Waals surface area contributed by atoms with E-state index < -0.39 is 121 Å². The molecule has 0 heterocycles. The van der Waals surface area contributed by atoms with E-state index in [9.17, 15) is 53.4 Å². The largest absolute Gasteiger partial charge is 0.481 e. The van der Waals surface area contributed by atoms with Crippen molar-refractivity contribution in [2.75, 3.05) is 6.54 Å². The quantitative estimate of drug-likeness (QED) is 0.0375. The zero-order chi connectivity index (χ0) is 40.1. The van der Waals surface area contributed by atoms with Crippen LogP contribution in [0.5, 0.6) is 0 Å². The molecule has 0 aromatic rings. The van der Waals surface area contributed by atoms with Gasteiger partial charge in [-0.1, -0.05) is 40.5 Å². The van der Waals surface area contributed by atoms with Gasteiger partial charge in [0.2, 0.25) is 41.4 Å². The lowest BCUT2D eigenvalue weighted by atomic mass is 9.96. The molecule has 8 atom stereocenters. The number of carbonyl (C=O) groups excluding carboxylic acids is 7. The third kappa shape index (κ3) is 17.9. The average Bonchev–Trinajstić information content (AvgIpc) is 3.07. The summed E-state index contributed by atoms with van der Waals surface area (Å²) >= 11 is 0. The molecule has 0 bridgehead atoms. The van der Waals surface area contributed by atoms with Gasteiger partial charge in [0.15, 0.2) is 0 Å². The number of hydrogen-bond donors (Lipinski definition) is 11. The van der Waals surface area contributed by atoms with Crippen LogP contribution in [0, 0.1) is 11.8 Å². The molecule has 0 saturated carbocycles. The van der Waals surface area contributed by atoms with Crippen molar-refractivity contribution in [1.29, 1.82) is 0 Å². The number of hydrogen-bond acceptors (Lipinski definition) is 11. The summed E-state index contributed by atoms with van der Waals surface area (Å²) in [5, 5.41) is 31.1. The van der Waals surface area contributed by atoms with Crippen molar-refractivity contribution < 1.29 is 53.4 Å². The van der Waals surface area contributed by atoms with Crippen LogP contribution in [0.25, 0.3) is 0 Å². The van der Waals surface area contributed by atoms with Crippen LogP contribution in [0.1, 0.15) is 91.9 Å². The first kappa shape index (κ1) is 47.1. The molecule has 0 spiro atoms. The highest BCUT2D eigenvalue weighted by Gasteiger charge is 2.35. The minimum Gasteiger partial charge on any atom is -0.481 e. The molecule has 0 saturated heterocycles. The summed E-state index contributed by atoms with van der Waals surface area (Å²) in [5.41, 5.74) is 21.7. The lowest BCUT2D eigenvalue weighted by Crippen LogP contribution is -2.60. The summed E-state index contributed by atoms with van der Waals surface area (Å²) in [6.45, 7) is 6.92. The van der Waals surface area contributed by atoms with Gasteiger partial charge in [0.05, 0.1) is 12.5 Å². The number of nitrogens with one attached hydrogen (secondary N) is 5. The summed E-state index contributed by atoms with van der Waals surface area (Å²) in [6.07, 6.45) is -0.673. The van der Waals surface area contributed by atoms with Gasteiger partial charge in [0, 0.05) is 12.8 Å². The van der Waals surface area contributed by atoms with Gasteiger partial charge < -0.3 is 59.7 Å². The van der Waals surface area contributed by atoms with E-state index in [0.717, 1.165) is 0 Å². The van der Waals surface area contributed by atoms with E-state index in [1.165, 1.54) is 0 Å². The molecular weight excluding hydrogens is 686 g/mol. The van der Waals surface area contributed by atoms with Crippen molar-refractivity contribution in [1.82, 2.24) is 26.6 Å². The van der Waals surface area contributed by atoms with Crippen molar-refractivity contribution in [2.24, 2.45) is 34.8 Å². The van der Waals surface area contributed by atoms with Crippen molar-refractivity contribution in [3.8, 4) is 0 Å². The lowest BCUT2D eigenvalue weighted by molar-refractivity contribution is -0.144. The van der Waals surface area contributed by atoms with E-state index in [1.54, 1.807) is 27.7 Å². The Morgan fingerprint density at radius 1 is 0.577 bits per heavy atom. The first-order chi connectivity index (χ1) is 24.3. The number of unbranched alkanes of at least 4 members (excludes halogenated alkanes) is 1. The molecule has 7 amide bonds. The molecule has 0 aliphatic carbocycles.